The van der Waals surface area contributed by atoms with Gasteiger partial charge in [-0.2, -0.15) is 0 Å². The third-order valence-electron chi connectivity index (χ3n) is 3.24. The van der Waals surface area contributed by atoms with Crippen LogP contribution in [0.3, 0.4) is 0 Å². The summed E-state index contributed by atoms with van der Waals surface area (Å²) in [6.45, 7) is 2.43. The normalized spacial score (nSPS) is 10.3. The van der Waals surface area contributed by atoms with E-state index < -0.39 is 5.82 Å². The largest absolute Gasteiger partial charge is 0.371 e. The lowest BCUT2D eigenvalue weighted by atomic mass is 10.1. The monoisotopic (exact) mass is 287 g/mol. The highest BCUT2D eigenvalue weighted by molar-refractivity contribution is 5.95. The Bertz CT molecular complexity index is 640. The fraction of sp³-hybridized carbons (Fsp3) is 0.250. The summed E-state index contributed by atoms with van der Waals surface area (Å²) in [6.07, 6.45) is 1.42. The fourth-order valence-electron chi connectivity index (χ4n) is 2.03. The number of pyridine rings is 1. The second-order valence-electron chi connectivity index (χ2n) is 4.92. The Morgan fingerprint density at radius 1 is 1.29 bits per heavy atom. The van der Waals surface area contributed by atoms with Gasteiger partial charge in [0.2, 0.25) is 0 Å². The summed E-state index contributed by atoms with van der Waals surface area (Å²) in [5, 5.41) is 2.63. The highest BCUT2D eigenvalue weighted by Crippen LogP contribution is 2.17. The zero-order chi connectivity index (χ0) is 15.4. The summed E-state index contributed by atoms with van der Waals surface area (Å²) in [5.74, 6) is -0.919. The van der Waals surface area contributed by atoms with Gasteiger partial charge in [-0.05, 0) is 18.6 Å². The number of amides is 1. The van der Waals surface area contributed by atoms with Gasteiger partial charge in [0.25, 0.3) is 5.91 Å². The number of nitrogens with zero attached hydrogens (tertiary/aromatic N) is 2. The topological polar surface area (TPSA) is 45.2 Å². The van der Waals surface area contributed by atoms with E-state index in [9.17, 15) is 9.18 Å². The van der Waals surface area contributed by atoms with Gasteiger partial charge < -0.3 is 10.2 Å². The lowest BCUT2D eigenvalue weighted by Crippen LogP contribution is -2.27. The molecule has 0 aliphatic carbocycles. The first kappa shape index (κ1) is 15.0. The molecule has 2 rings (SSSR count). The molecule has 21 heavy (non-hydrogen) atoms. The van der Waals surface area contributed by atoms with Crippen LogP contribution in [0.25, 0.3) is 0 Å². The Kier molecular flexibility index (Phi) is 4.52. The number of benzene rings is 1. The molecule has 5 heteroatoms. The second-order valence-corrected chi connectivity index (χ2v) is 4.92. The smallest absolute Gasteiger partial charge is 0.257 e. The summed E-state index contributed by atoms with van der Waals surface area (Å²) in [5.41, 5.74) is 2.18. The first-order valence-electron chi connectivity index (χ1n) is 6.66. The second kappa shape index (κ2) is 6.35. The van der Waals surface area contributed by atoms with Crippen LogP contribution in [0.4, 0.5) is 10.2 Å². The highest BCUT2D eigenvalue weighted by Gasteiger charge is 2.19. The van der Waals surface area contributed by atoms with Crippen LogP contribution in [0.1, 0.15) is 21.5 Å². The summed E-state index contributed by atoms with van der Waals surface area (Å²) >= 11 is 0. The van der Waals surface area contributed by atoms with Crippen molar-refractivity contribution in [3.05, 3.63) is 59.0 Å². The van der Waals surface area contributed by atoms with E-state index in [0.717, 1.165) is 11.1 Å². The molecule has 0 saturated heterocycles. The molecule has 0 unspecified atom stereocenters. The van der Waals surface area contributed by atoms with E-state index in [4.69, 9.17) is 0 Å². The van der Waals surface area contributed by atoms with E-state index in [1.54, 1.807) is 14.1 Å². The Morgan fingerprint density at radius 3 is 2.57 bits per heavy atom. The molecule has 0 atom stereocenters. The molecule has 0 radical (unpaired) electrons. The number of halogens is 1. The molecule has 0 spiro atoms. The van der Waals surface area contributed by atoms with Gasteiger partial charge in [-0.15, -0.1) is 0 Å². The maximum atomic E-state index is 14.1. The van der Waals surface area contributed by atoms with Crippen LogP contribution in [0.5, 0.6) is 0 Å². The number of carbonyl (C=O) groups excluding carboxylic acids is 1. The SMILES string of the molecule is CNc1nccc(C(=O)N(C)Cc2ccc(C)cc2)c1F. The molecule has 1 N–H and O–H groups in total. The summed E-state index contributed by atoms with van der Waals surface area (Å²) in [4.78, 5) is 17.7. The lowest BCUT2D eigenvalue weighted by Gasteiger charge is -2.18. The lowest BCUT2D eigenvalue weighted by molar-refractivity contribution is 0.0780. The molecule has 0 aliphatic rings. The Balaban J connectivity index is 2.17. The molecule has 0 aliphatic heterocycles. The van der Waals surface area contributed by atoms with Crippen molar-refractivity contribution in [3.8, 4) is 0 Å². The van der Waals surface area contributed by atoms with Crippen molar-refractivity contribution in [2.45, 2.75) is 13.5 Å². The molecule has 4 nitrogen and oxygen atoms in total. The molecule has 1 aromatic carbocycles. The number of nitrogens with one attached hydrogen (secondary N) is 1. The molecule has 0 bridgehead atoms. The van der Waals surface area contributed by atoms with Gasteiger partial charge in [0, 0.05) is 26.8 Å². The van der Waals surface area contributed by atoms with E-state index in [1.807, 2.05) is 31.2 Å². The minimum absolute atomic E-state index is 0.0176. The van der Waals surface area contributed by atoms with Gasteiger partial charge in [-0.1, -0.05) is 29.8 Å². The van der Waals surface area contributed by atoms with Gasteiger partial charge in [0.05, 0.1) is 5.56 Å². The van der Waals surface area contributed by atoms with Crippen LogP contribution in [0, 0.1) is 12.7 Å². The number of rotatable bonds is 4. The Morgan fingerprint density at radius 2 is 1.95 bits per heavy atom. The predicted octanol–water partition coefficient (Wildman–Crippen LogP) is 2.84. The summed E-state index contributed by atoms with van der Waals surface area (Å²) in [6, 6.07) is 9.28. The van der Waals surface area contributed by atoms with Crippen molar-refractivity contribution in [2.24, 2.45) is 0 Å². The van der Waals surface area contributed by atoms with Crippen molar-refractivity contribution in [3.63, 3.8) is 0 Å². The summed E-state index contributed by atoms with van der Waals surface area (Å²) < 4.78 is 14.1. The maximum absolute atomic E-state index is 14.1. The van der Waals surface area contributed by atoms with Gasteiger partial charge in [0.1, 0.15) is 0 Å². The predicted molar refractivity (Wildman–Crippen MR) is 80.7 cm³/mol. The van der Waals surface area contributed by atoms with Gasteiger partial charge in [-0.25, -0.2) is 9.37 Å². The molecule has 1 amide bonds. The van der Waals surface area contributed by atoms with E-state index in [1.165, 1.54) is 17.2 Å². The van der Waals surface area contributed by atoms with E-state index >= 15 is 0 Å². The van der Waals surface area contributed by atoms with Crippen molar-refractivity contribution in [1.29, 1.82) is 0 Å². The highest BCUT2D eigenvalue weighted by atomic mass is 19.1. The third kappa shape index (κ3) is 3.37. The van der Waals surface area contributed by atoms with Crippen LogP contribution in [-0.4, -0.2) is 29.9 Å². The Labute approximate surface area is 123 Å². The maximum Gasteiger partial charge on any atom is 0.257 e. The minimum Gasteiger partial charge on any atom is -0.371 e. The minimum atomic E-state index is -0.624. The third-order valence-corrected chi connectivity index (χ3v) is 3.24. The van der Waals surface area contributed by atoms with Crippen molar-refractivity contribution < 1.29 is 9.18 Å². The van der Waals surface area contributed by atoms with E-state index in [0.29, 0.717) is 6.54 Å². The fourth-order valence-corrected chi connectivity index (χ4v) is 2.03. The number of anilines is 1. The van der Waals surface area contributed by atoms with Crippen LogP contribution < -0.4 is 5.32 Å². The van der Waals surface area contributed by atoms with Crippen molar-refractivity contribution in [1.82, 2.24) is 9.88 Å². The van der Waals surface area contributed by atoms with Crippen LogP contribution in [0.2, 0.25) is 0 Å². The van der Waals surface area contributed by atoms with Crippen LogP contribution in [-0.2, 0) is 6.54 Å². The summed E-state index contributed by atoms with van der Waals surface area (Å²) in [7, 11) is 3.22. The number of hydrogen-bond donors (Lipinski definition) is 1. The zero-order valence-electron chi connectivity index (χ0n) is 12.4. The first-order chi connectivity index (χ1) is 10.0. The molecule has 110 valence electrons. The van der Waals surface area contributed by atoms with Crippen LogP contribution >= 0.6 is 0 Å². The number of carbonyl (C=O) groups is 1. The van der Waals surface area contributed by atoms with Gasteiger partial charge in [-0.3, -0.25) is 4.79 Å². The molecular weight excluding hydrogens is 269 g/mol. The molecule has 0 fully saturated rings. The number of aromatic nitrogens is 1. The molecule has 1 aromatic heterocycles. The van der Waals surface area contributed by atoms with Gasteiger partial charge >= 0.3 is 0 Å². The van der Waals surface area contributed by atoms with E-state index in [2.05, 4.69) is 10.3 Å². The standard InChI is InChI=1S/C16H18FN3O/c1-11-4-6-12(7-5-11)10-20(3)16(21)13-8-9-19-15(18-2)14(13)17/h4-9H,10H2,1-3H3,(H,18,19). The molecule has 1 heterocycles. The molecule has 2 aromatic rings. The van der Waals surface area contributed by atoms with Gasteiger partial charge in [0.15, 0.2) is 11.6 Å². The number of aryl methyl sites for hydroxylation is 1. The van der Waals surface area contributed by atoms with E-state index in [-0.39, 0.29) is 17.3 Å². The molecular formula is C16H18FN3O. The number of hydrogen-bond acceptors (Lipinski definition) is 3. The zero-order valence-corrected chi connectivity index (χ0v) is 12.4. The van der Waals surface area contributed by atoms with Crippen LogP contribution in [0.15, 0.2) is 36.5 Å². The quantitative estimate of drug-likeness (QED) is 0.940. The average molecular weight is 287 g/mol. The Hall–Kier alpha value is -2.43. The first-order valence-corrected chi connectivity index (χ1v) is 6.66. The van der Waals surface area contributed by atoms with Crippen molar-refractivity contribution in [2.75, 3.05) is 19.4 Å². The van der Waals surface area contributed by atoms with Crippen molar-refractivity contribution >= 4 is 11.7 Å². The average Bonchev–Trinajstić information content (AvgIpc) is 2.49. The molecule has 0 saturated carbocycles.